The van der Waals surface area contributed by atoms with Crippen LogP contribution in [0.15, 0.2) is 24.3 Å². The van der Waals surface area contributed by atoms with E-state index in [0.717, 1.165) is 0 Å². The largest absolute Gasteiger partial charge is 0.491 e. The van der Waals surface area contributed by atoms with Crippen molar-refractivity contribution in [2.75, 3.05) is 33.4 Å². The average molecular weight is 306 g/mol. The fourth-order valence-electron chi connectivity index (χ4n) is 2.62. The highest BCUT2D eigenvalue weighted by molar-refractivity contribution is 5.95. The van der Waals surface area contributed by atoms with E-state index in [1.54, 1.807) is 36.3 Å². The van der Waals surface area contributed by atoms with Gasteiger partial charge in [0.25, 0.3) is 5.91 Å². The number of carbonyl (C=O) groups excluding carboxylic acids is 2. The minimum atomic E-state index is -0.343. The Labute approximate surface area is 130 Å². The lowest BCUT2D eigenvalue weighted by Crippen LogP contribution is -2.31. The molecule has 1 aromatic carbocycles. The first kappa shape index (κ1) is 16.3. The number of hydrogen-bond acceptors (Lipinski definition) is 4. The maximum atomic E-state index is 12.4. The van der Waals surface area contributed by atoms with Crippen LogP contribution in [-0.4, -0.2) is 50.1 Å². The molecule has 0 aliphatic carbocycles. The van der Waals surface area contributed by atoms with E-state index in [1.165, 1.54) is 0 Å². The van der Waals surface area contributed by atoms with Gasteiger partial charge >= 0.3 is 0 Å². The van der Waals surface area contributed by atoms with Crippen molar-refractivity contribution in [3.05, 3.63) is 29.8 Å². The molecule has 6 heteroatoms. The number of ether oxygens (including phenoxy) is 2. The maximum Gasteiger partial charge on any atom is 0.253 e. The van der Waals surface area contributed by atoms with E-state index in [2.05, 4.69) is 0 Å². The molecule has 2 N–H and O–H groups in total. The second-order valence-electron chi connectivity index (χ2n) is 5.56. The van der Waals surface area contributed by atoms with Crippen molar-refractivity contribution in [2.24, 2.45) is 17.6 Å². The average Bonchev–Trinajstić information content (AvgIpc) is 2.90. The van der Waals surface area contributed by atoms with Gasteiger partial charge in [0.2, 0.25) is 5.91 Å². The van der Waals surface area contributed by atoms with Crippen molar-refractivity contribution < 1.29 is 19.1 Å². The fraction of sp³-hybridized carbons (Fsp3) is 0.500. The summed E-state index contributed by atoms with van der Waals surface area (Å²) in [7, 11) is 1.61. The number of methoxy groups -OCH3 is 1. The standard InChI is InChI=1S/C16H22N2O4/c1-11-9-18(10-14(11)15(17)19)16(20)12-3-5-13(6-4-12)22-8-7-21-2/h3-6,11,14H,7-10H2,1-2H3,(H2,17,19)/t11-,14-/m1/s1. The van der Waals surface area contributed by atoms with Crippen molar-refractivity contribution in [3.8, 4) is 5.75 Å². The van der Waals surface area contributed by atoms with E-state index < -0.39 is 0 Å². The summed E-state index contributed by atoms with van der Waals surface area (Å²) in [5.41, 5.74) is 5.94. The van der Waals surface area contributed by atoms with Gasteiger partial charge in [-0.2, -0.15) is 0 Å². The predicted molar refractivity (Wildman–Crippen MR) is 81.6 cm³/mol. The van der Waals surface area contributed by atoms with Crippen LogP contribution in [0.2, 0.25) is 0 Å². The van der Waals surface area contributed by atoms with Gasteiger partial charge in [0.1, 0.15) is 12.4 Å². The SMILES string of the molecule is COCCOc1ccc(C(=O)N2C[C@@H](C)[C@H](C(N)=O)C2)cc1. The van der Waals surface area contributed by atoms with E-state index in [4.69, 9.17) is 15.2 Å². The normalized spacial score (nSPS) is 20.9. The number of nitrogens with zero attached hydrogens (tertiary/aromatic N) is 1. The minimum absolute atomic E-state index is 0.0842. The van der Waals surface area contributed by atoms with Crippen LogP contribution >= 0.6 is 0 Å². The summed E-state index contributed by atoms with van der Waals surface area (Å²) >= 11 is 0. The minimum Gasteiger partial charge on any atom is -0.491 e. The monoisotopic (exact) mass is 306 g/mol. The Kier molecular flexibility index (Phi) is 5.38. The van der Waals surface area contributed by atoms with Crippen LogP contribution in [-0.2, 0) is 9.53 Å². The number of benzene rings is 1. The number of carbonyl (C=O) groups is 2. The molecule has 1 saturated heterocycles. The van der Waals surface area contributed by atoms with E-state index in [9.17, 15) is 9.59 Å². The van der Waals surface area contributed by atoms with Gasteiger partial charge in [-0.1, -0.05) is 6.92 Å². The lowest BCUT2D eigenvalue weighted by atomic mass is 9.98. The first-order chi connectivity index (χ1) is 10.5. The molecule has 2 rings (SSSR count). The Morgan fingerprint density at radius 2 is 1.91 bits per heavy atom. The fourth-order valence-corrected chi connectivity index (χ4v) is 2.62. The van der Waals surface area contributed by atoms with Crippen LogP contribution in [0, 0.1) is 11.8 Å². The summed E-state index contributed by atoms with van der Waals surface area (Å²) in [5.74, 6) is 0.0980. The van der Waals surface area contributed by atoms with E-state index >= 15 is 0 Å². The number of likely N-dealkylation sites (tertiary alicyclic amines) is 1. The van der Waals surface area contributed by atoms with Crippen LogP contribution < -0.4 is 10.5 Å². The van der Waals surface area contributed by atoms with Gasteiger partial charge in [-0.25, -0.2) is 0 Å². The van der Waals surface area contributed by atoms with Gasteiger partial charge in [-0.15, -0.1) is 0 Å². The number of hydrogen-bond donors (Lipinski definition) is 1. The molecule has 1 aromatic rings. The molecule has 0 bridgehead atoms. The van der Waals surface area contributed by atoms with E-state index in [-0.39, 0.29) is 23.7 Å². The van der Waals surface area contributed by atoms with Crippen LogP contribution in [0.4, 0.5) is 0 Å². The number of primary amides is 1. The van der Waals surface area contributed by atoms with Gasteiger partial charge in [-0.3, -0.25) is 9.59 Å². The summed E-state index contributed by atoms with van der Waals surface area (Å²) in [4.78, 5) is 25.5. The highest BCUT2D eigenvalue weighted by atomic mass is 16.5. The van der Waals surface area contributed by atoms with Crippen molar-refractivity contribution in [1.29, 1.82) is 0 Å². The van der Waals surface area contributed by atoms with Gasteiger partial charge in [0.05, 0.1) is 12.5 Å². The summed E-state index contributed by atoms with van der Waals surface area (Å²) < 4.78 is 10.4. The summed E-state index contributed by atoms with van der Waals surface area (Å²) in [6, 6.07) is 6.97. The molecule has 6 nitrogen and oxygen atoms in total. The zero-order valence-corrected chi connectivity index (χ0v) is 13.0. The second kappa shape index (κ2) is 7.26. The van der Waals surface area contributed by atoms with E-state index in [1.807, 2.05) is 6.92 Å². The lowest BCUT2D eigenvalue weighted by Gasteiger charge is -2.16. The third kappa shape index (κ3) is 3.76. The molecule has 1 heterocycles. The molecule has 1 aliphatic heterocycles. The molecule has 2 amide bonds. The van der Waals surface area contributed by atoms with Gasteiger partial charge < -0.3 is 20.1 Å². The maximum absolute atomic E-state index is 12.4. The van der Waals surface area contributed by atoms with Crippen LogP contribution in [0.5, 0.6) is 5.75 Å². The number of rotatable bonds is 6. The molecular weight excluding hydrogens is 284 g/mol. The van der Waals surface area contributed by atoms with Crippen LogP contribution in [0.1, 0.15) is 17.3 Å². The zero-order chi connectivity index (χ0) is 16.1. The highest BCUT2D eigenvalue weighted by Crippen LogP contribution is 2.24. The van der Waals surface area contributed by atoms with Gasteiger partial charge in [0, 0.05) is 25.8 Å². The summed E-state index contributed by atoms with van der Waals surface area (Å²) in [6.07, 6.45) is 0. The molecule has 1 fully saturated rings. The summed E-state index contributed by atoms with van der Waals surface area (Å²) in [5, 5.41) is 0. The van der Waals surface area contributed by atoms with Gasteiger partial charge in [-0.05, 0) is 30.2 Å². The molecule has 0 unspecified atom stereocenters. The Balaban J connectivity index is 1.97. The van der Waals surface area contributed by atoms with Crippen LogP contribution in [0.25, 0.3) is 0 Å². The predicted octanol–water partition coefficient (Wildman–Crippen LogP) is 0.905. The Hall–Kier alpha value is -2.08. The van der Waals surface area contributed by atoms with Crippen molar-refractivity contribution in [1.82, 2.24) is 4.90 Å². The van der Waals surface area contributed by atoms with Crippen molar-refractivity contribution >= 4 is 11.8 Å². The Bertz CT molecular complexity index is 529. The molecule has 0 spiro atoms. The Morgan fingerprint density at radius 3 is 2.45 bits per heavy atom. The molecule has 2 atom stereocenters. The highest BCUT2D eigenvalue weighted by Gasteiger charge is 2.35. The quantitative estimate of drug-likeness (QED) is 0.792. The molecule has 1 aliphatic rings. The lowest BCUT2D eigenvalue weighted by molar-refractivity contribution is -0.122. The molecule has 0 radical (unpaired) electrons. The molecule has 120 valence electrons. The smallest absolute Gasteiger partial charge is 0.253 e. The topological polar surface area (TPSA) is 81.9 Å². The number of nitrogens with two attached hydrogens (primary N) is 1. The second-order valence-corrected chi connectivity index (χ2v) is 5.56. The summed E-state index contributed by atoms with van der Waals surface area (Å²) in [6.45, 7) is 3.87. The molecule has 0 saturated carbocycles. The van der Waals surface area contributed by atoms with Crippen molar-refractivity contribution in [2.45, 2.75) is 6.92 Å². The van der Waals surface area contributed by atoms with Crippen molar-refractivity contribution in [3.63, 3.8) is 0 Å². The third-order valence-corrected chi connectivity index (χ3v) is 3.92. The first-order valence-corrected chi connectivity index (χ1v) is 7.33. The molecule has 0 aromatic heterocycles. The molecule has 22 heavy (non-hydrogen) atoms. The van der Waals surface area contributed by atoms with Crippen LogP contribution in [0.3, 0.4) is 0 Å². The molecular formula is C16H22N2O4. The Morgan fingerprint density at radius 1 is 1.23 bits per heavy atom. The van der Waals surface area contributed by atoms with E-state index in [0.29, 0.717) is 37.6 Å². The number of amides is 2. The zero-order valence-electron chi connectivity index (χ0n) is 13.0. The first-order valence-electron chi connectivity index (χ1n) is 7.33. The third-order valence-electron chi connectivity index (χ3n) is 3.92. The van der Waals surface area contributed by atoms with Gasteiger partial charge in [0.15, 0.2) is 0 Å².